The number of aromatic nitrogens is 3. The third kappa shape index (κ3) is 4.20. The highest BCUT2D eigenvalue weighted by molar-refractivity contribution is 7.86. The van der Waals surface area contributed by atoms with Crippen LogP contribution in [0.3, 0.4) is 0 Å². The number of pyridine rings is 1. The molecule has 158 valence electrons. The lowest BCUT2D eigenvalue weighted by atomic mass is 9.97. The van der Waals surface area contributed by atoms with E-state index >= 15 is 0 Å². The van der Waals surface area contributed by atoms with Crippen molar-refractivity contribution >= 4 is 33.3 Å². The average Bonchev–Trinajstić information content (AvgIpc) is 3.39. The van der Waals surface area contributed by atoms with Gasteiger partial charge in [-0.1, -0.05) is 11.6 Å². The number of rotatable bonds is 6. The van der Waals surface area contributed by atoms with Crippen LogP contribution in [0.1, 0.15) is 18.0 Å². The Bertz CT molecular complexity index is 1130. The monoisotopic (exact) mass is 446 g/mol. The van der Waals surface area contributed by atoms with Crippen LogP contribution in [0.4, 0.5) is 11.5 Å². The molecule has 1 aromatic carbocycles. The molecule has 1 aliphatic rings. The number of halogens is 1. The lowest BCUT2D eigenvalue weighted by molar-refractivity contribution is 0.418. The zero-order valence-corrected chi connectivity index (χ0v) is 18.3. The highest BCUT2D eigenvalue weighted by atomic mass is 35.5. The van der Waals surface area contributed by atoms with E-state index in [2.05, 4.69) is 20.5 Å². The van der Waals surface area contributed by atoms with Gasteiger partial charge in [0, 0.05) is 61.3 Å². The zero-order chi connectivity index (χ0) is 21.3. The Balaban J connectivity index is 1.56. The summed E-state index contributed by atoms with van der Waals surface area (Å²) in [5, 5.41) is 11.3. The van der Waals surface area contributed by atoms with E-state index in [0.29, 0.717) is 23.9 Å². The molecule has 3 aromatic rings. The summed E-state index contributed by atoms with van der Waals surface area (Å²) in [6.07, 6.45) is 4.25. The molecule has 0 amide bonds. The minimum atomic E-state index is -3.42. The normalized spacial score (nSPS) is 17.5. The molecule has 1 unspecified atom stereocenters. The van der Waals surface area contributed by atoms with Crippen molar-refractivity contribution in [2.45, 2.75) is 12.3 Å². The first-order valence-corrected chi connectivity index (χ1v) is 11.3. The molecule has 10 heteroatoms. The quantitative estimate of drug-likeness (QED) is 0.604. The molecule has 3 heterocycles. The summed E-state index contributed by atoms with van der Waals surface area (Å²) in [5.41, 5.74) is 3.73. The molecule has 2 aromatic heterocycles. The van der Waals surface area contributed by atoms with Gasteiger partial charge >= 0.3 is 0 Å². The van der Waals surface area contributed by atoms with Crippen molar-refractivity contribution in [3.05, 3.63) is 59.5 Å². The third-order valence-electron chi connectivity index (χ3n) is 5.20. The Morgan fingerprint density at radius 3 is 2.73 bits per heavy atom. The number of hydrogen-bond donors (Lipinski definition) is 2. The van der Waals surface area contributed by atoms with Crippen LogP contribution in [-0.2, 0) is 10.2 Å². The smallest absolute Gasteiger partial charge is 0.281 e. The van der Waals surface area contributed by atoms with E-state index in [1.165, 1.54) is 8.61 Å². The summed E-state index contributed by atoms with van der Waals surface area (Å²) in [4.78, 5) is 4.39. The lowest BCUT2D eigenvalue weighted by Crippen LogP contribution is -2.38. The predicted octanol–water partition coefficient (Wildman–Crippen LogP) is 3.46. The van der Waals surface area contributed by atoms with Crippen LogP contribution in [0.5, 0.6) is 0 Å². The first-order valence-electron chi connectivity index (χ1n) is 9.54. The van der Waals surface area contributed by atoms with E-state index in [9.17, 15) is 8.42 Å². The van der Waals surface area contributed by atoms with Crippen molar-refractivity contribution in [2.24, 2.45) is 0 Å². The third-order valence-corrected chi connectivity index (χ3v) is 7.36. The summed E-state index contributed by atoms with van der Waals surface area (Å²) >= 11 is 5.95. The molecule has 30 heavy (non-hydrogen) atoms. The van der Waals surface area contributed by atoms with Crippen molar-refractivity contribution in [1.82, 2.24) is 23.8 Å². The molecule has 0 bridgehead atoms. The van der Waals surface area contributed by atoms with Gasteiger partial charge in [-0.05, 0) is 48.4 Å². The SMILES string of the molecule is CN(C)S(=O)(=O)N1CCC(c2[nH]ncc2-c2ccnc(Nc3ccc(Cl)cc3)c2)C1. The molecule has 0 radical (unpaired) electrons. The van der Waals surface area contributed by atoms with Gasteiger partial charge in [-0.25, -0.2) is 4.98 Å². The van der Waals surface area contributed by atoms with Gasteiger partial charge in [-0.15, -0.1) is 0 Å². The molecule has 4 rings (SSSR count). The second kappa shape index (κ2) is 8.35. The number of nitrogens with zero attached hydrogens (tertiary/aromatic N) is 4. The molecule has 0 spiro atoms. The highest BCUT2D eigenvalue weighted by Crippen LogP contribution is 2.35. The van der Waals surface area contributed by atoms with Crippen molar-refractivity contribution in [1.29, 1.82) is 0 Å². The minimum Gasteiger partial charge on any atom is -0.340 e. The summed E-state index contributed by atoms with van der Waals surface area (Å²) < 4.78 is 27.7. The second-order valence-corrected chi connectivity index (χ2v) is 9.97. The molecule has 1 fully saturated rings. The van der Waals surface area contributed by atoms with Crippen LogP contribution in [-0.4, -0.2) is 59.4 Å². The maximum absolute atomic E-state index is 12.4. The van der Waals surface area contributed by atoms with Crippen LogP contribution in [0.15, 0.2) is 48.8 Å². The van der Waals surface area contributed by atoms with Crippen molar-refractivity contribution in [3.63, 3.8) is 0 Å². The number of anilines is 2. The number of hydrogen-bond acceptors (Lipinski definition) is 5. The van der Waals surface area contributed by atoms with Gasteiger partial charge in [-0.3, -0.25) is 5.10 Å². The standard InChI is InChI=1S/C20H23ClN6O2S/c1-26(2)30(28,29)27-10-8-15(13-27)20-18(12-23-25-20)14-7-9-22-19(11-14)24-17-5-3-16(21)4-6-17/h3-7,9,11-12,15H,8,10,13H2,1-2H3,(H,22,24)(H,23,25). The molecule has 1 aliphatic heterocycles. The number of aromatic amines is 1. The van der Waals surface area contributed by atoms with E-state index in [-0.39, 0.29) is 5.92 Å². The van der Waals surface area contributed by atoms with Gasteiger partial charge in [0.15, 0.2) is 0 Å². The fourth-order valence-electron chi connectivity index (χ4n) is 3.59. The number of nitrogens with one attached hydrogen (secondary N) is 2. The summed E-state index contributed by atoms with van der Waals surface area (Å²) in [7, 11) is -0.315. The Hall–Kier alpha value is -2.46. The first-order chi connectivity index (χ1) is 14.3. The lowest BCUT2D eigenvalue weighted by Gasteiger charge is -2.20. The van der Waals surface area contributed by atoms with Gasteiger partial charge in [0.05, 0.1) is 6.20 Å². The predicted molar refractivity (Wildman–Crippen MR) is 118 cm³/mol. The number of benzene rings is 1. The van der Waals surface area contributed by atoms with E-state index in [1.807, 2.05) is 36.4 Å². The molecule has 0 aliphatic carbocycles. The summed E-state index contributed by atoms with van der Waals surface area (Å²) in [6, 6.07) is 11.3. The van der Waals surface area contributed by atoms with Gasteiger partial charge in [0.2, 0.25) is 0 Å². The fraction of sp³-hybridized carbons (Fsp3) is 0.300. The van der Waals surface area contributed by atoms with Gasteiger partial charge in [-0.2, -0.15) is 22.1 Å². The molecular weight excluding hydrogens is 424 g/mol. The highest BCUT2D eigenvalue weighted by Gasteiger charge is 2.35. The Morgan fingerprint density at radius 1 is 1.23 bits per heavy atom. The van der Waals surface area contributed by atoms with Crippen LogP contribution in [0.2, 0.25) is 5.02 Å². The van der Waals surface area contributed by atoms with Crippen LogP contribution in [0, 0.1) is 0 Å². The zero-order valence-electron chi connectivity index (χ0n) is 16.7. The van der Waals surface area contributed by atoms with Crippen LogP contribution < -0.4 is 5.32 Å². The van der Waals surface area contributed by atoms with Gasteiger partial charge < -0.3 is 5.32 Å². The van der Waals surface area contributed by atoms with E-state index in [1.54, 1.807) is 26.5 Å². The fourth-order valence-corrected chi connectivity index (χ4v) is 4.88. The largest absolute Gasteiger partial charge is 0.340 e. The molecule has 8 nitrogen and oxygen atoms in total. The molecular formula is C20H23ClN6O2S. The molecule has 2 N–H and O–H groups in total. The minimum absolute atomic E-state index is 0.0538. The Labute approximate surface area is 181 Å². The maximum atomic E-state index is 12.4. The summed E-state index contributed by atoms with van der Waals surface area (Å²) in [5.74, 6) is 0.753. The topological polar surface area (TPSA) is 94.2 Å². The van der Waals surface area contributed by atoms with Crippen LogP contribution >= 0.6 is 11.6 Å². The molecule has 0 saturated carbocycles. The maximum Gasteiger partial charge on any atom is 0.281 e. The van der Waals surface area contributed by atoms with Crippen LogP contribution in [0.25, 0.3) is 11.1 Å². The van der Waals surface area contributed by atoms with Gasteiger partial charge in [0.1, 0.15) is 5.82 Å². The van der Waals surface area contributed by atoms with Crippen molar-refractivity contribution in [3.8, 4) is 11.1 Å². The number of H-pyrrole nitrogens is 1. The van der Waals surface area contributed by atoms with E-state index < -0.39 is 10.2 Å². The molecule has 1 saturated heterocycles. The van der Waals surface area contributed by atoms with Gasteiger partial charge in [0.25, 0.3) is 10.2 Å². The Kier molecular flexibility index (Phi) is 5.79. The molecule has 1 atom stereocenters. The second-order valence-electron chi connectivity index (χ2n) is 7.39. The summed E-state index contributed by atoms with van der Waals surface area (Å²) in [6.45, 7) is 0.917. The Morgan fingerprint density at radius 2 is 2.00 bits per heavy atom. The average molecular weight is 447 g/mol. The van der Waals surface area contributed by atoms with E-state index in [4.69, 9.17) is 11.6 Å². The first kappa shape index (κ1) is 20.8. The van der Waals surface area contributed by atoms with E-state index in [0.717, 1.165) is 28.9 Å². The van der Waals surface area contributed by atoms with Crippen molar-refractivity contribution < 1.29 is 8.42 Å². The van der Waals surface area contributed by atoms with Crippen molar-refractivity contribution in [2.75, 3.05) is 32.5 Å².